The number of piperidine rings is 2. The number of fused-ring (bicyclic) bond motifs is 2. The van der Waals surface area contributed by atoms with Crippen molar-refractivity contribution in [3.63, 3.8) is 0 Å². The molecule has 1 aromatic heterocycles. The Hall–Kier alpha value is -0.940. The first kappa shape index (κ1) is 14.0. The molecule has 2 saturated heterocycles. The van der Waals surface area contributed by atoms with Gasteiger partial charge in [-0.15, -0.1) is 0 Å². The van der Waals surface area contributed by atoms with Crippen LogP contribution in [0, 0.1) is 0 Å². The van der Waals surface area contributed by atoms with E-state index in [9.17, 15) is 4.79 Å². The minimum absolute atomic E-state index is 0.0161. The van der Waals surface area contributed by atoms with Gasteiger partial charge in [-0.2, -0.15) is 0 Å². The number of hydrogen-bond donors (Lipinski definition) is 1. The average molecular weight is 338 g/mol. The molecule has 0 saturated carbocycles. The summed E-state index contributed by atoms with van der Waals surface area (Å²) < 4.78 is 0.616. The molecule has 5 heteroatoms. The van der Waals surface area contributed by atoms with E-state index in [0.717, 1.165) is 12.8 Å². The van der Waals surface area contributed by atoms with Crippen molar-refractivity contribution in [2.45, 2.75) is 50.2 Å². The van der Waals surface area contributed by atoms with Crippen molar-refractivity contribution in [1.82, 2.24) is 15.2 Å². The summed E-state index contributed by atoms with van der Waals surface area (Å²) in [6, 6.07) is 5.15. The summed E-state index contributed by atoms with van der Waals surface area (Å²) in [5.41, 5.74) is 0.622. The van der Waals surface area contributed by atoms with Crippen molar-refractivity contribution in [2.24, 2.45) is 0 Å². The lowest BCUT2D eigenvalue weighted by Crippen LogP contribution is -2.55. The molecule has 2 fully saturated rings. The van der Waals surface area contributed by atoms with Gasteiger partial charge in [-0.25, -0.2) is 4.98 Å². The molecule has 2 aliphatic rings. The van der Waals surface area contributed by atoms with E-state index in [0.29, 0.717) is 28.3 Å². The van der Waals surface area contributed by atoms with Gasteiger partial charge in [-0.05, 0) is 60.8 Å². The van der Waals surface area contributed by atoms with E-state index in [1.807, 2.05) is 6.07 Å². The first-order valence-corrected chi connectivity index (χ1v) is 8.08. The minimum atomic E-state index is -0.0161. The van der Waals surface area contributed by atoms with Crippen LogP contribution in [0.15, 0.2) is 22.9 Å². The van der Waals surface area contributed by atoms with Crippen LogP contribution >= 0.6 is 15.9 Å². The van der Waals surface area contributed by atoms with Gasteiger partial charge >= 0.3 is 0 Å². The Morgan fingerprint density at radius 1 is 1.40 bits per heavy atom. The highest BCUT2D eigenvalue weighted by Gasteiger charge is 2.36. The number of amides is 1. The molecule has 1 aromatic rings. The Kier molecular flexibility index (Phi) is 4.08. The molecular weight excluding hydrogens is 318 g/mol. The summed E-state index contributed by atoms with van der Waals surface area (Å²) in [5.74, 6) is -0.0161. The van der Waals surface area contributed by atoms with Crippen LogP contribution in [0.25, 0.3) is 0 Å². The summed E-state index contributed by atoms with van der Waals surface area (Å²) >= 11 is 3.34. The number of nitrogens with zero attached hydrogens (tertiary/aromatic N) is 2. The van der Waals surface area contributed by atoms with Gasteiger partial charge in [-0.1, -0.05) is 6.42 Å². The summed E-state index contributed by atoms with van der Waals surface area (Å²) in [4.78, 5) is 19.0. The van der Waals surface area contributed by atoms with Gasteiger partial charge in [0.15, 0.2) is 0 Å². The highest BCUT2D eigenvalue weighted by atomic mass is 79.9. The molecule has 3 rings (SSSR count). The van der Waals surface area contributed by atoms with Crippen molar-refractivity contribution in [2.75, 3.05) is 7.05 Å². The number of carbonyl (C=O) groups excluding carboxylic acids is 1. The number of hydrogen-bond acceptors (Lipinski definition) is 3. The summed E-state index contributed by atoms with van der Waals surface area (Å²) in [7, 11) is 2.23. The molecule has 2 unspecified atom stereocenters. The number of nitrogens with one attached hydrogen (secondary N) is 1. The van der Waals surface area contributed by atoms with Crippen LogP contribution in [-0.4, -0.2) is 41.0 Å². The van der Waals surface area contributed by atoms with Gasteiger partial charge in [0.25, 0.3) is 5.91 Å². The molecule has 2 bridgehead atoms. The van der Waals surface area contributed by atoms with Crippen molar-refractivity contribution in [1.29, 1.82) is 0 Å². The van der Waals surface area contributed by atoms with Gasteiger partial charge in [-0.3, -0.25) is 4.79 Å². The number of pyridine rings is 1. The molecule has 108 valence electrons. The predicted molar refractivity (Wildman–Crippen MR) is 81.6 cm³/mol. The monoisotopic (exact) mass is 337 g/mol. The Balaban J connectivity index is 1.67. The molecule has 0 aromatic carbocycles. The van der Waals surface area contributed by atoms with Crippen molar-refractivity contribution in [3.8, 4) is 0 Å². The fourth-order valence-electron chi connectivity index (χ4n) is 3.55. The quantitative estimate of drug-likeness (QED) is 0.843. The predicted octanol–water partition coefficient (Wildman–Crippen LogP) is 2.59. The topological polar surface area (TPSA) is 45.2 Å². The summed E-state index contributed by atoms with van der Waals surface area (Å²) in [6.45, 7) is 0. The van der Waals surface area contributed by atoms with E-state index in [4.69, 9.17) is 0 Å². The number of aromatic nitrogens is 1. The molecule has 2 aliphatic heterocycles. The molecule has 0 spiro atoms. The SMILES string of the molecule is CN1C2CCCC1CC(NC(=O)c1cccnc1Br)C2. The zero-order chi connectivity index (χ0) is 14.1. The number of halogens is 1. The molecular formula is C15H20BrN3O. The molecule has 2 atom stereocenters. The van der Waals surface area contributed by atoms with E-state index in [1.54, 1.807) is 12.3 Å². The van der Waals surface area contributed by atoms with E-state index in [1.165, 1.54) is 19.3 Å². The third-order valence-electron chi connectivity index (χ3n) is 4.68. The van der Waals surface area contributed by atoms with Crippen LogP contribution in [0.4, 0.5) is 0 Å². The zero-order valence-corrected chi connectivity index (χ0v) is 13.3. The molecule has 4 nitrogen and oxygen atoms in total. The lowest BCUT2D eigenvalue weighted by molar-refractivity contribution is 0.0463. The summed E-state index contributed by atoms with van der Waals surface area (Å²) in [6.07, 6.45) is 7.66. The van der Waals surface area contributed by atoms with Crippen molar-refractivity contribution in [3.05, 3.63) is 28.5 Å². The standard InChI is InChI=1S/C15H20BrN3O/c1-19-11-4-2-5-12(19)9-10(8-11)18-15(20)13-6-3-7-17-14(13)16/h3,6-7,10-12H,2,4-5,8-9H2,1H3,(H,18,20). The fraction of sp³-hybridized carbons (Fsp3) is 0.600. The van der Waals surface area contributed by atoms with Gasteiger partial charge in [0.2, 0.25) is 0 Å². The highest BCUT2D eigenvalue weighted by molar-refractivity contribution is 9.10. The van der Waals surface area contributed by atoms with Crippen LogP contribution in [0.2, 0.25) is 0 Å². The van der Waals surface area contributed by atoms with E-state index in [-0.39, 0.29) is 5.91 Å². The molecule has 20 heavy (non-hydrogen) atoms. The Morgan fingerprint density at radius 2 is 2.10 bits per heavy atom. The van der Waals surface area contributed by atoms with Gasteiger partial charge in [0.1, 0.15) is 4.60 Å². The van der Waals surface area contributed by atoms with Crippen LogP contribution in [0.5, 0.6) is 0 Å². The molecule has 0 radical (unpaired) electrons. The van der Waals surface area contributed by atoms with E-state index in [2.05, 4.69) is 38.2 Å². The largest absolute Gasteiger partial charge is 0.349 e. The third-order valence-corrected chi connectivity index (χ3v) is 5.31. The molecule has 0 aliphatic carbocycles. The molecule has 3 heterocycles. The number of carbonyl (C=O) groups is 1. The first-order chi connectivity index (χ1) is 9.65. The maximum atomic E-state index is 12.3. The highest BCUT2D eigenvalue weighted by Crippen LogP contribution is 2.32. The van der Waals surface area contributed by atoms with Crippen LogP contribution in [0.1, 0.15) is 42.5 Å². The van der Waals surface area contributed by atoms with E-state index >= 15 is 0 Å². The normalized spacial score (nSPS) is 30.0. The maximum Gasteiger partial charge on any atom is 0.254 e. The van der Waals surface area contributed by atoms with Crippen LogP contribution in [0.3, 0.4) is 0 Å². The maximum absolute atomic E-state index is 12.3. The average Bonchev–Trinajstić information content (AvgIpc) is 2.40. The second-order valence-corrected chi connectivity index (χ2v) is 6.64. The van der Waals surface area contributed by atoms with Crippen molar-refractivity contribution < 1.29 is 4.79 Å². The Morgan fingerprint density at radius 3 is 2.75 bits per heavy atom. The summed E-state index contributed by atoms with van der Waals surface area (Å²) in [5, 5.41) is 3.19. The lowest BCUT2D eigenvalue weighted by atomic mass is 9.82. The Labute approximate surface area is 128 Å². The first-order valence-electron chi connectivity index (χ1n) is 7.28. The number of rotatable bonds is 2. The molecule has 1 N–H and O–H groups in total. The second-order valence-electron chi connectivity index (χ2n) is 5.89. The van der Waals surface area contributed by atoms with Crippen LogP contribution in [-0.2, 0) is 0 Å². The van der Waals surface area contributed by atoms with Gasteiger partial charge in [0.05, 0.1) is 5.56 Å². The smallest absolute Gasteiger partial charge is 0.254 e. The fourth-order valence-corrected chi connectivity index (χ4v) is 3.98. The minimum Gasteiger partial charge on any atom is -0.349 e. The molecule has 1 amide bonds. The lowest BCUT2D eigenvalue weighted by Gasteiger charge is -2.47. The Bertz CT molecular complexity index is 494. The van der Waals surface area contributed by atoms with Crippen molar-refractivity contribution >= 4 is 21.8 Å². The second kappa shape index (κ2) is 5.82. The van der Waals surface area contributed by atoms with E-state index < -0.39 is 0 Å². The van der Waals surface area contributed by atoms with Crippen LogP contribution < -0.4 is 5.32 Å². The zero-order valence-electron chi connectivity index (χ0n) is 11.7. The van der Waals surface area contributed by atoms with Gasteiger partial charge < -0.3 is 10.2 Å². The van der Waals surface area contributed by atoms with Gasteiger partial charge in [0, 0.05) is 24.3 Å². The third kappa shape index (κ3) is 2.74.